The van der Waals surface area contributed by atoms with Gasteiger partial charge in [0.25, 0.3) is 11.5 Å². The van der Waals surface area contributed by atoms with Gasteiger partial charge >= 0.3 is 0 Å². The normalized spacial score (nSPS) is 13.8. The van der Waals surface area contributed by atoms with Crippen LogP contribution in [0.4, 0.5) is 5.69 Å². The predicted octanol–water partition coefficient (Wildman–Crippen LogP) is 1.47. The summed E-state index contributed by atoms with van der Waals surface area (Å²) in [5.41, 5.74) is 1.39. The summed E-state index contributed by atoms with van der Waals surface area (Å²) in [6.07, 6.45) is 1.92. The van der Waals surface area contributed by atoms with E-state index in [1.807, 2.05) is 31.2 Å². The van der Waals surface area contributed by atoms with Crippen LogP contribution in [0.5, 0.6) is 0 Å². The Kier molecular flexibility index (Phi) is 5.69. The van der Waals surface area contributed by atoms with Crippen LogP contribution in [-0.4, -0.2) is 43.2 Å². The van der Waals surface area contributed by atoms with Crippen molar-refractivity contribution in [3.8, 4) is 6.07 Å². The summed E-state index contributed by atoms with van der Waals surface area (Å²) in [6.45, 7) is 7.95. The Labute approximate surface area is 157 Å². The lowest BCUT2D eigenvalue weighted by Gasteiger charge is -2.38. The lowest BCUT2D eigenvalue weighted by atomic mass is 10.0. The van der Waals surface area contributed by atoms with E-state index in [0.717, 1.165) is 5.56 Å². The number of nitrogens with one attached hydrogen (secondary N) is 2. The van der Waals surface area contributed by atoms with Crippen molar-refractivity contribution >= 4 is 22.5 Å². The molecule has 0 saturated carbocycles. The van der Waals surface area contributed by atoms with Crippen LogP contribution in [-0.2, 0) is 16.0 Å². The van der Waals surface area contributed by atoms with E-state index in [4.69, 9.17) is 4.74 Å². The number of anilines is 1. The highest BCUT2D eigenvalue weighted by Gasteiger charge is 2.32. The van der Waals surface area contributed by atoms with E-state index < -0.39 is 5.56 Å². The maximum Gasteiger partial charge on any atom is 0.268 e. The standard InChI is InChI=1S/C20H22N4O3/c1-3-18(25)24(14-11-22-12-14)19-15-6-5-13(7-8-27-4-2)9-17(15)23-20(26)16(19)10-21/h3,5-6,9,14,22H,1,4,7-8,11-12H2,2H3,(H,23,26). The van der Waals surface area contributed by atoms with E-state index in [-0.39, 0.29) is 17.5 Å². The molecule has 2 aromatic rings. The molecule has 2 heterocycles. The molecular weight excluding hydrogens is 344 g/mol. The first-order valence-corrected chi connectivity index (χ1v) is 8.93. The van der Waals surface area contributed by atoms with Crippen molar-refractivity contribution < 1.29 is 9.53 Å². The highest BCUT2D eigenvalue weighted by atomic mass is 16.5. The Morgan fingerprint density at radius 3 is 2.85 bits per heavy atom. The van der Waals surface area contributed by atoms with Crippen molar-refractivity contribution in [2.45, 2.75) is 19.4 Å². The number of pyridine rings is 1. The fourth-order valence-corrected chi connectivity index (χ4v) is 3.20. The third kappa shape index (κ3) is 3.63. The number of H-pyrrole nitrogens is 1. The molecule has 140 valence electrons. The molecule has 1 aliphatic rings. The minimum Gasteiger partial charge on any atom is -0.381 e. The number of hydrogen-bond acceptors (Lipinski definition) is 5. The summed E-state index contributed by atoms with van der Waals surface area (Å²) in [5, 5.41) is 13.3. The summed E-state index contributed by atoms with van der Waals surface area (Å²) in [5.74, 6) is -0.328. The molecular formula is C20H22N4O3. The molecule has 0 aliphatic carbocycles. The van der Waals surface area contributed by atoms with Gasteiger partial charge in [-0.25, -0.2) is 0 Å². The fourth-order valence-electron chi connectivity index (χ4n) is 3.20. The van der Waals surface area contributed by atoms with Crippen LogP contribution >= 0.6 is 0 Å². The largest absolute Gasteiger partial charge is 0.381 e. The Hall–Kier alpha value is -2.95. The van der Waals surface area contributed by atoms with E-state index in [1.54, 1.807) is 0 Å². The van der Waals surface area contributed by atoms with Crippen molar-refractivity contribution in [2.75, 3.05) is 31.2 Å². The van der Waals surface area contributed by atoms with Gasteiger partial charge in [0.05, 0.1) is 23.9 Å². The van der Waals surface area contributed by atoms with Crippen molar-refractivity contribution in [3.63, 3.8) is 0 Å². The van der Waals surface area contributed by atoms with E-state index >= 15 is 0 Å². The van der Waals surface area contributed by atoms with Crippen LogP contribution in [0.3, 0.4) is 0 Å². The van der Waals surface area contributed by atoms with Gasteiger partial charge in [-0.15, -0.1) is 0 Å². The highest BCUT2D eigenvalue weighted by molar-refractivity contribution is 6.09. The Bertz CT molecular complexity index is 970. The van der Waals surface area contributed by atoms with Gasteiger partial charge in [0.15, 0.2) is 0 Å². The number of rotatable bonds is 7. The first kappa shape index (κ1) is 18.8. The quantitative estimate of drug-likeness (QED) is 0.571. The number of carbonyl (C=O) groups excluding carboxylic acids is 1. The monoisotopic (exact) mass is 366 g/mol. The molecule has 0 unspecified atom stereocenters. The van der Waals surface area contributed by atoms with Gasteiger partial charge in [0.2, 0.25) is 0 Å². The van der Waals surface area contributed by atoms with E-state index in [2.05, 4.69) is 16.9 Å². The molecule has 0 spiro atoms. The molecule has 1 saturated heterocycles. The summed E-state index contributed by atoms with van der Waals surface area (Å²) < 4.78 is 5.39. The van der Waals surface area contributed by atoms with Gasteiger partial charge in [-0.2, -0.15) is 5.26 Å². The number of hydrogen-bond donors (Lipinski definition) is 2. The number of aromatic amines is 1. The molecule has 1 fully saturated rings. The molecule has 3 rings (SSSR count). The van der Waals surface area contributed by atoms with Crippen LogP contribution in [0, 0.1) is 11.3 Å². The van der Waals surface area contributed by atoms with Crippen molar-refractivity contribution in [3.05, 3.63) is 52.3 Å². The number of ether oxygens (including phenoxy) is 1. The molecule has 7 nitrogen and oxygen atoms in total. The number of nitriles is 1. The topological polar surface area (TPSA) is 98.2 Å². The molecule has 2 N–H and O–H groups in total. The number of amides is 1. The van der Waals surface area contributed by atoms with Crippen LogP contribution in [0.25, 0.3) is 10.9 Å². The number of aromatic nitrogens is 1. The third-order valence-electron chi connectivity index (χ3n) is 4.68. The first-order chi connectivity index (χ1) is 13.1. The van der Waals surface area contributed by atoms with Gasteiger partial charge in [0, 0.05) is 25.1 Å². The maximum absolute atomic E-state index is 12.6. The minimum absolute atomic E-state index is 0.0633. The number of carbonyl (C=O) groups is 1. The van der Waals surface area contributed by atoms with Gasteiger partial charge in [0.1, 0.15) is 11.6 Å². The summed E-state index contributed by atoms with van der Waals surface area (Å²) in [7, 11) is 0. The Morgan fingerprint density at radius 1 is 1.48 bits per heavy atom. The highest BCUT2D eigenvalue weighted by Crippen LogP contribution is 2.31. The second-order valence-corrected chi connectivity index (χ2v) is 6.34. The zero-order chi connectivity index (χ0) is 19.4. The minimum atomic E-state index is -0.504. The van der Waals surface area contributed by atoms with Crippen LogP contribution in [0.1, 0.15) is 18.1 Å². The first-order valence-electron chi connectivity index (χ1n) is 8.93. The zero-order valence-electron chi connectivity index (χ0n) is 15.2. The SMILES string of the molecule is C=CC(=O)N(c1c(C#N)c(=O)[nH]c2cc(CCOCC)ccc12)C1CNC1. The lowest BCUT2D eigenvalue weighted by molar-refractivity contribution is -0.114. The second-order valence-electron chi connectivity index (χ2n) is 6.34. The molecule has 1 amide bonds. The van der Waals surface area contributed by atoms with Gasteiger partial charge in [-0.1, -0.05) is 18.7 Å². The summed E-state index contributed by atoms with van der Waals surface area (Å²) in [4.78, 5) is 29.4. The van der Waals surface area contributed by atoms with Crippen LogP contribution in [0.2, 0.25) is 0 Å². The van der Waals surface area contributed by atoms with E-state index in [1.165, 1.54) is 11.0 Å². The number of nitrogens with zero attached hydrogens (tertiary/aromatic N) is 2. The third-order valence-corrected chi connectivity index (χ3v) is 4.68. The van der Waals surface area contributed by atoms with Gasteiger partial charge in [-0.3, -0.25) is 9.59 Å². The molecule has 7 heteroatoms. The molecule has 0 radical (unpaired) electrons. The summed E-state index contributed by atoms with van der Waals surface area (Å²) in [6, 6.07) is 7.49. The molecule has 1 aromatic carbocycles. The lowest BCUT2D eigenvalue weighted by Crippen LogP contribution is -2.59. The molecule has 0 bridgehead atoms. The van der Waals surface area contributed by atoms with Crippen LogP contribution in [0.15, 0.2) is 35.6 Å². The van der Waals surface area contributed by atoms with Gasteiger partial charge < -0.3 is 19.9 Å². The molecule has 1 aromatic heterocycles. The molecule has 27 heavy (non-hydrogen) atoms. The Morgan fingerprint density at radius 2 is 2.26 bits per heavy atom. The predicted molar refractivity (Wildman–Crippen MR) is 104 cm³/mol. The zero-order valence-corrected chi connectivity index (χ0v) is 15.2. The van der Waals surface area contributed by atoms with Crippen LogP contribution < -0.4 is 15.8 Å². The molecule has 0 atom stereocenters. The smallest absolute Gasteiger partial charge is 0.268 e. The number of fused-ring (bicyclic) bond motifs is 1. The maximum atomic E-state index is 12.6. The van der Waals surface area contributed by atoms with Gasteiger partial charge in [-0.05, 0) is 31.1 Å². The average molecular weight is 366 g/mol. The second kappa shape index (κ2) is 8.16. The Balaban J connectivity index is 2.16. The summed E-state index contributed by atoms with van der Waals surface area (Å²) >= 11 is 0. The van der Waals surface area contributed by atoms with E-state index in [0.29, 0.717) is 49.3 Å². The van der Waals surface area contributed by atoms with Crippen molar-refractivity contribution in [1.82, 2.24) is 10.3 Å². The van der Waals surface area contributed by atoms with Crippen molar-refractivity contribution in [1.29, 1.82) is 5.26 Å². The van der Waals surface area contributed by atoms with E-state index in [9.17, 15) is 14.9 Å². The average Bonchev–Trinajstić information content (AvgIpc) is 2.63. The number of benzene rings is 1. The fraction of sp³-hybridized carbons (Fsp3) is 0.350. The van der Waals surface area contributed by atoms with Crippen molar-refractivity contribution in [2.24, 2.45) is 0 Å². The molecule has 1 aliphatic heterocycles.